The molecule has 1 fully saturated rings. The highest BCUT2D eigenvalue weighted by Crippen LogP contribution is 2.15. The predicted octanol–water partition coefficient (Wildman–Crippen LogP) is 2.62. The molecule has 1 heterocycles. The van der Waals surface area contributed by atoms with Crippen molar-refractivity contribution in [3.63, 3.8) is 0 Å². The molecule has 0 radical (unpaired) electrons. The summed E-state index contributed by atoms with van der Waals surface area (Å²) in [5, 5.41) is 2.92. The number of benzene rings is 2. The number of halogens is 1. The average Bonchev–Trinajstić information content (AvgIpc) is 3.05. The number of hydrogen-bond donors (Lipinski definition) is 2. The lowest BCUT2D eigenvalue weighted by atomic mass is 10.1. The van der Waals surface area contributed by atoms with Crippen molar-refractivity contribution in [2.45, 2.75) is 32.5 Å². The SMILES string of the molecule is Cl.NCc1ccc(C(=O)NCc2ccc(CN3CCCC3=O)cc2)cc1. The monoisotopic (exact) mass is 373 g/mol. The maximum atomic E-state index is 12.2. The third kappa shape index (κ3) is 5.07. The Labute approximate surface area is 160 Å². The topological polar surface area (TPSA) is 75.4 Å². The lowest BCUT2D eigenvalue weighted by Gasteiger charge is -2.15. The quantitative estimate of drug-likeness (QED) is 0.817. The minimum absolute atomic E-state index is 0. The number of amides is 2. The van der Waals surface area contributed by atoms with E-state index in [1.54, 1.807) is 12.1 Å². The van der Waals surface area contributed by atoms with Gasteiger partial charge < -0.3 is 16.0 Å². The van der Waals surface area contributed by atoms with Crippen molar-refractivity contribution in [2.24, 2.45) is 5.73 Å². The molecular formula is C20H24ClN3O2. The molecule has 3 N–H and O–H groups in total. The van der Waals surface area contributed by atoms with E-state index in [2.05, 4.69) is 5.32 Å². The van der Waals surface area contributed by atoms with Gasteiger partial charge in [-0.3, -0.25) is 9.59 Å². The van der Waals surface area contributed by atoms with E-state index in [0.29, 0.717) is 31.6 Å². The number of nitrogens with two attached hydrogens (primary N) is 1. The summed E-state index contributed by atoms with van der Waals surface area (Å²) in [4.78, 5) is 25.7. The molecule has 1 aliphatic heterocycles. The molecule has 0 unspecified atom stereocenters. The van der Waals surface area contributed by atoms with E-state index in [4.69, 9.17) is 5.73 Å². The Bertz CT molecular complexity index is 745. The van der Waals surface area contributed by atoms with E-state index < -0.39 is 0 Å². The number of nitrogens with zero attached hydrogens (tertiary/aromatic N) is 1. The zero-order chi connectivity index (χ0) is 17.6. The largest absolute Gasteiger partial charge is 0.348 e. The first-order valence-electron chi connectivity index (χ1n) is 8.58. The average molecular weight is 374 g/mol. The molecule has 2 aromatic carbocycles. The fourth-order valence-electron chi connectivity index (χ4n) is 2.93. The number of rotatable bonds is 6. The minimum atomic E-state index is -0.102. The maximum absolute atomic E-state index is 12.2. The molecule has 138 valence electrons. The van der Waals surface area contributed by atoms with Gasteiger partial charge in [0.15, 0.2) is 0 Å². The predicted molar refractivity (Wildman–Crippen MR) is 104 cm³/mol. The van der Waals surface area contributed by atoms with Crippen molar-refractivity contribution in [2.75, 3.05) is 6.54 Å². The fourth-order valence-corrected chi connectivity index (χ4v) is 2.93. The van der Waals surface area contributed by atoms with Crippen LogP contribution in [0.2, 0.25) is 0 Å². The molecule has 2 aromatic rings. The molecule has 6 heteroatoms. The number of hydrogen-bond acceptors (Lipinski definition) is 3. The molecule has 0 aromatic heterocycles. The number of likely N-dealkylation sites (tertiary alicyclic amines) is 1. The molecule has 26 heavy (non-hydrogen) atoms. The Balaban J connectivity index is 0.00000243. The first-order valence-corrected chi connectivity index (χ1v) is 8.58. The van der Waals surface area contributed by atoms with Crippen LogP contribution in [-0.2, 0) is 24.4 Å². The zero-order valence-electron chi connectivity index (χ0n) is 14.6. The first kappa shape index (κ1) is 19.9. The molecule has 1 saturated heterocycles. The van der Waals surface area contributed by atoms with E-state index in [-0.39, 0.29) is 24.2 Å². The summed E-state index contributed by atoms with van der Waals surface area (Å²) in [5.41, 5.74) is 9.33. The van der Waals surface area contributed by atoms with Gasteiger partial charge in [-0.05, 0) is 35.2 Å². The van der Waals surface area contributed by atoms with Crippen LogP contribution in [0.25, 0.3) is 0 Å². The third-order valence-electron chi connectivity index (χ3n) is 4.47. The summed E-state index contributed by atoms with van der Waals surface area (Å²) in [7, 11) is 0. The van der Waals surface area contributed by atoms with Gasteiger partial charge in [0, 0.05) is 38.2 Å². The Morgan fingerprint density at radius 1 is 1.00 bits per heavy atom. The number of carbonyl (C=O) groups is 2. The zero-order valence-corrected chi connectivity index (χ0v) is 15.4. The van der Waals surface area contributed by atoms with Crippen molar-refractivity contribution in [3.05, 3.63) is 70.8 Å². The van der Waals surface area contributed by atoms with Gasteiger partial charge >= 0.3 is 0 Å². The van der Waals surface area contributed by atoms with E-state index >= 15 is 0 Å². The van der Waals surface area contributed by atoms with Gasteiger partial charge in [0.05, 0.1) is 0 Å². The second-order valence-corrected chi connectivity index (χ2v) is 6.32. The van der Waals surface area contributed by atoms with Gasteiger partial charge in [0.25, 0.3) is 5.91 Å². The molecule has 1 aliphatic rings. The van der Waals surface area contributed by atoms with Crippen LogP contribution in [0.5, 0.6) is 0 Å². The molecule has 0 bridgehead atoms. The van der Waals surface area contributed by atoms with Crippen molar-refractivity contribution >= 4 is 24.2 Å². The maximum Gasteiger partial charge on any atom is 0.251 e. The first-order chi connectivity index (χ1) is 12.2. The molecule has 0 saturated carbocycles. The van der Waals surface area contributed by atoms with Crippen LogP contribution in [-0.4, -0.2) is 23.3 Å². The second kappa shape index (κ2) is 9.36. The van der Waals surface area contributed by atoms with Gasteiger partial charge in [-0.1, -0.05) is 36.4 Å². The van der Waals surface area contributed by atoms with Crippen LogP contribution in [0.15, 0.2) is 48.5 Å². The van der Waals surface area contributed by atoms with Crippen LogP contribution < -0.4 is 11.1 Å². The van der Waals surface area contributed by atoms with Gasteiger partial charge in [0.2, 0.25) is 5.91 Å². The summed E-state index contributed by atoms with van der Waals surface area (Å²) in [5.74, 6) is 0.132. The lowest BCUT2D eigenvalue weighted by Crippen LogP contribution is -2.24. The summed E-state index contributed by atoms with van der Waals surface area (Å²) >= 11 is 0. The molecule has 0 spiro atoms. The highest BCUT2D eigenvalue weighted by Gasteiger charge is 2.19. The van der Waals surface area contributed by atoms with Gasteiger partial charge in [-0.15, -0.1) is 12.4 Å². The normalized spacial score (nSPS) is 13.4. The summed E-state index contributed by atoms with van der Waals surface area (Å²) in [6, 6.07) is 15.3. The van der Waals surface area contributed by atoms with Crippen LogP contribution in [0, 0.1) is 0 Å². The molecule has 0 aliphatic carbocycles. The van der Waals surface area contributed by atoms with E-state index in [1.807, 2.05) is 41.3 Å². The van der Waals surface area contributed by atoms with Crippen LogP contribution in [0.1, 0.15) is 39.9 Å². The summed E-state index contributed by atoms with van der Waals surface area (Å²) in [6.45, 7) is 2.45. The third-order valence-corrected chi connectivity index (χ3v) is 4.47. The van der Waals surface area contributed by atoms with Gasteiger partial charge in [-0.2, -0.15) is 0 Å². The van der Waals surface area contributed by atoms with Crippen molar-refractivity contribution in [1.82, 2.24) is 10.2 Å². The Kier molecular flexibility index (Phi) is 7.18. The Morgan fingerprint density at radius 2 is 1.62 bits per heavy atom. The van der Waals surface area contributed by atoms with E-state index in [9.17, 15) is 9.59 Å². The van der Waals surface area contributed by atoms with Crippen molar-refractivity contribution in [1.29, 1.82) is 0 Å². The molecule has 2 amide bonds. The van der Waals surface area contributed by atoms with E-state index in [1.165, 1.54) is 0 Å². The number of nitrogens with one attached hydrogen (secondary N) is 1. The molecule has 0 atom stereocenters. The summed E-state index contributed by atoms with van der Waals surface area (Å²) < 4.78 is 0. The highest BCUT2D eigenvalue weighted by molar-refractivity contribution is 5.94. The van der Waals surface area contributed by atoms with Crippen molar-refractivity contribution < 1.29 is 9.59 Å². The van der Waals surface area contributed by atoms with Gasteiger partial charge in [0.1, 0.15) is 0 Å². The Hall–Kier alpha value is -2.37. The smallest absolute Gasteiger partial charge is 0.251 e. The van der Waals surface area contributed by atoms with Crippen LogP contribution in [0.4, 0.5) is 0 Å². The van der Waals surface area contributed by atoms with E-state index in [0.717, 1.165) is 29.7 Å². The standard InChI is InChI=1S/C20H23N3O2.ClH/c21-12-15-7-9-18(10-8-15)20(25)22-13-16-3-5-17(6-4-16)14-23-11-1-2-19(23)24;/h3-10H,1-2,11-14,21H2,(H,22,25);1H. The molecular weight excluding hydrogens is 350 g/mol. The van der Waals surface area contributed by atoms with Gasteiger partial charge in [-0.25, -0.2) is 0 Å². The Morgan fingerprint density at radius 3 is 2.19 bits per heavy atom. The fraction of sp³-hybridized carbons (Fsp3) is 0.300. The number of carbonyl (C=O) groups excluding carboxylic acids is 2. The summed E-state index contributed by atoms with van der Waals surface area (Å²) in [6.07, 6.45) is 1.62. The molecule has 5 nitrogen and oxygen atoms in total. The van der Waals surface area contributed by atoms with Crippen LogP contribution in [0.3, 0.4) is 0 Å². The minimum Gasteiger partial charge on any atom is -0.348 e. The molecule has 3 rings (SSSR count). The second-order valence-electron chi connectivity index (χ2n) is 6.32. The highest BCUT2D eigenvalue weighted by atomic mass is 35.5. The van der Waals surface area contributed by atoms with Crippen molar-refractivity contribution in [3.8, 4) is 0 Å². The van der Waals surface area contributed by atoms with Crippen LogP contribution >= 0.6 is 12.4 Å². The lowest BCUT2D eigenvalue weighted by molar-refractivity contribution is -0.128.